The first-order valence-electron chi connectivity index (χ1n) is 13.6. The molecule has 0 amide bonds. The van der Waals surface area contributed by atoms with E-state index in [9.17, 15) is 34.2 Å². The Labute approximate surface area is 242 Å². The molecule has 0 spiro atoms. The zero-order chi connectivity index (χ0) is 30.9. The third-order valence-electron chi connectivity index (χ3n) is 9.22. The number of hydrogen-bond donors (Lipinski definition) is 2. The minimum atomic E-state index is -1.56. The summed E-state index contributed by atoms with van der Waals surface area (Å²) in [6.45, 7) is 5.74. The number of nitrogens with zero attached hydrogens (tertiary/aromatic N) is 2. The Balaban J connectivity index is 1.70. The van der Waals surface area contributed by atoms with E-state index >= 15 is 0 Å². The number of aliphatic hydroxyl groups excluding tert-OH is 2. The second-order valence-electron chi connectivity index (χ2n) is 11.1. The number of carbonyl (C=O) groups is 5. The van der Waals surface area contributed by atoms with Gasteiger partial charge >= 0.3 is 5.97 Å². The van der Waals surface area contributed by atoms with Gasteiger partial charge in [0.2, 0.25) is 11.6 Å². The summed E-state index contributed by atoms with van der Waals surface area (Å²) in [5.41, 5.74) is 0.560. The van der Waals surface area contributed by atoms with Crippen LogP contribution in [0.4, 0.5) is 0 Å². The molecule has 0 aromatic carbocycles. The Morgan fingerprint density at radius 2 is 1.50 bits per heavy atom. The average molecular weight is 583 g/mol. The largest absolute Gasteiger partial charge is 0.492 e. The molecule has 5 rings (SSSR count). The fourth-order valence-corrected chi connectivity index (χ4v) is 7.06. The number of hydrogen-bond acceptors (Lipinski definition) is 12. The third-order valence-corrected chi connectivity index (χ3v) is 9.22. The van der Waals surface area contributed by atoms with Gasteiger partial charge in [0.05, 0.1) is 32.3 Å². The van der Waals surface area contributed by atoms with Crippen molar-refractivity contribution in [1.82, 2.24) is 9.80 Å². The third kappa shape index (κ3) is 3.93. The van der Waals surface area contributed by atoms with Gasteiger partial charge in [-0.05, 0) is 41.2 Å². The van der Waals surface area contributed by atoms with Gasteiger partial charge in [0.15, 0.2) is 23.1 Å². The highest BCUT2D eigenvalue weighted by Gasteiger charge is 2.62. The lowest BCUT2D eigenvalue weighted by atomic mass is 9.68. The fourth-order valence-electron chi connectivity index (χ4n) is 7.06. The van der Waals surface area contributed by atoms with E-state index in [-0.39, 0.29) is 51.4 Å². The van der Waals surface area contributed by atoms with Gasteiger partial charge in [-0.1, -0.05) is 6.08 Å². The standard InChI is InChI=1S/C30H34N2O10/c1-8-11(2)30(39)42-10-16-17-14(22(33)12(3)27(40-6)25(17)36)9-15-20-18-19(23(34)13(4)28(41-7)26(18)37)24(35)21(31(20)5)29(38)32(15)16/h8,15-16,20-21,24,29,35,38H,9-10H2,1-7H3/b11-8-/t15-,16-,20-,21-,24-,29-/m0/s1. The smallest absolute Gasteiger partial charge is 0.333 e. The van der Waals surface area contributed by atoms with Gasteiger partial charge in [-0.3, -0.25) is 29.0 Å². The maximum absolute atomic E-state index is 13.8. The van der Waals surface area contributed by atoms with Crippen molar-refractivity contribution in [2.45, 2.75) is 70.6 Å². The Morgan fingerprint density at radius 1 is 0.929 bits per heavy atom. The van der Waals surface area contributed by atoms with Gasteiger partial charge in [-0.2, -0.15) is 0 Å². The molecule has 0 aromatic rings. The number of esters is 1. The van der Waals surface area contributed by atoms with E-state index in [1.807, 2.05) is 0 Å². The number of allylic oxidation sites excluding steroid dienone is 5. The molecule has 2 bridgehead atoms. The summed E-state index contributed by atoms with van der Waals surface area (Å²) in [6.07, 6.45) is -1.55. The monoisotopic (exact) mass is 582 g/mol. The van der Waals surface area contributed by atoms with Gasteiger partial charge in [0.25, 0.3) is 0 Å². The first kappa shape index (κ1) is 29.8. The van der Waals surface area contributed by atoms with Crippen molar-refractivity contribution in [3.05, 3.63) is 56.6 Å². The maximum atomic E-state index is 13.8. The maximum Gasteiger partial charge on any atom is 0.333 e. The van der Waals surface area contributed by atoms with Crippen LogP contribution in [0.5, 0.6) is 0 Å². The number of Topliss-reactive ketones (excluding diaryl/α,β-unsaturated/α-hetero) is 4. The molecule has 224 valence electrons. The number of carbonyl (C=O) groups excluding carboxylic acids is 5. The molecule has 2 N–H and O–H groups in total. The van der Waals surface area contributed by atoms with Gasteiger partial charge in [0.1, 0.15) is 18.9 Å². The number of aliphatic hydroxyl groups is 2. The highest BCUT2D eigenvalue weighted by atomic mass is 16.5. The predicted molar refractivity (Wildman–Crippen MR) is 145 cm³/mol. The van der Waals surface area contributed by atoms with Crippen LogP contribution in [0.2, 0.25) is 0 Å². The van der Waals surface area contributed by atoms with E-state index in [1.165, 1.54) is 33.0 Å². The zero-order valence-electron chi connectivity index (χ0n) is 24.5. The molecule has 2 aliphatic carbocycles. The molecule has 0 unspecified atom stereocenters. The number of ketones is 4. The Morgan fingerprint density at radius 3 is 2.07 bits per heavy atom. The molecule has 1 saturated heterocycles. The number of ether oxygens (including phenoxy) is 3. The minimum Gasteiger partial charge on any atom is -0.492 e. The highest BCUT2D eigenvalue weighted by molar-refractivity contribution is 6.26. The number of likely N-dealkylation sites (N-methyl/N-ethyl adjacent to an activating group) is 1. The van der Waals surface area contributed by atoms with Gasteiger partial charge in [-0.15, -0.1) is 0 Å². The molecule has 42 heavy (non-hydrogen) atoms. The van der Waals surface area contributed by atoms with Crippen molar-refractivity contribution < 1.29 is 48.4 Å². The van der Waals surface area contributed by atoms with Crippen LogP contribution in [-0.2, 0) is 38.2 Å². The Hall–Kier alpha value is -3.71. The van der Waals surface area contributed by atoms with Crippen molar-refractivity contribution >= 4 is 29.1 Å². The fraction of sp³-hybridized carbons (Fsp3) is 0.500. The molecule has 12 nitrogen and oxygen atoms in total. The molecule has 1 fully saturated rings. The second-order valence-corrected chi connectivity index (χ2v) is 11.1. The van der Waals surface area contributed by atoms with Crippen LogP contribution in [0, 0.1) is 0 Å². The molecule has 12 heteroatoms. The van der Waals surface area contributed by atoms with Crippen LogP contribution in [0.1, 0.15) is 34.1 Å². The summed E-state index contributed by atoms with van der Waals surface area (Å²) in [5, 5.41) is 23.3. The number of rotatable bonds is 5. The summed E-state index contributed by atoms with van der Waals surface area (Å²) in [4.78, 5) is 70.5. The first-order chi connectivity index (χ1) is 19.8. The molecule has 0 aromatic heterocycles. The summed E-state index contributed by atoms with van der Waals surface area (Å²) in [6, 6.07) is -3.93. The number of piperazine rings is 1. The molecule has 6 atom stereocenters. The van der Waals surface area contributed by atoms with Crippen molar-refractivity contribution in [1.29, 1.82) is 0 Å². The second kappa shape index (κ2) is 10.5. The van der Waals surface area contributed by atoms with E-state index < -0.39 is 72.2 Å². The summed E-state index contributed by atoms with van der Waals surface area (Å²) in [5.74, 6) is -3.10. The van der Waals surface area contributed by atoms with Crippen LogP contribution in [0.15, 0.2) is 56.6 Å². The average Bonchev–Trinajstić information content (AvgIpc) is 2.96. The van der Waals surface area contributed by atoms with Gasteiger partial charge < -0.3 is 24.4 Å². The summed E-state index contributed by atoms with van der Waals surface area (Å²) >= 11 is 0. The summed E-state index contributed by atoms with van der Waals surface area (Å²) in [7, 11) is 4.18. The van der Waals surface area contributed by atoms with Crippen LogP contribution in [-0.4, -0.2) is 113 Å². The van der Waals surface area contributed by atoms with Gasteiger partial charge in [0, 0.05) is 45.1 Å². The molecule has 5 aliphatic rings. The zero-order valence-corrected chi connectivity index (χ0v) is 24.5. The lowest BCUT2D eigenvalue weighted by molar-refractivity contribution is -0.187. The Bertz CT molecular complexity index is 1490. The van der Waals surface area contributed by atoms with E-state index in [1.54, 1.807) is 31.9 Å². The van der Waals surface area contributed by atoms with Gasteiger partial charge in [-0.25, -0.2) is 4.79 Å². The van der Waals surface area contributed by atoms with E-state index in [0.29, 0.717) is 5.57 Å². The van der Waals surface area contributed by atoms with E-state index in [2.05, 4.69) is 0 Å². The topological polar surface area (TPSA) is 160 Å². The molecule has 3 heterocycles. The molecule has 3 aliphatic heterocycles. The van der Waals surface area contributed by atoms with E-state index in [4.69, 9.17) is 14.2 Å². The normalized spacial score (nSPS) is 32.3. The molecule has 0 saturated carbocycles. The SMILES string of the molecule is C/C=C(/C)C(=O)OC[C@H]1C2=C(C[C@H]3[C@H]4C5=C(C(=O)C(C)=C(OC)C5=O)[C@H](O)[C@@H]([C@H](O)N13)N4C)C(=O)C(C)=C(OC)C2=O. The quantitative estimate of drug-likeness (QED) is 0.255. The van der Waals surface area contributed by atoms with Crippen LogP contribution >= 0.6 is 0 Å². The van der Waals surface area contributed by atoms with Crippen molar-refractivity contribution in [2.75, 3.05) is 27.9 Å². The lowest BCUT2D eigenvalue weighted by Crippen LogP contribution is -2.77. The Kier molecular flexibility index (Phi) is 7.46. The van der Waals surface area contributed by atoms with Crippen LogP contribution in [0.3, 0.4) is 0 Å². The van der Waals surface area contributed by atoms with Crippen LogP contribution in [0.25, 0.3) is 0 Å². The lowest BCUT2D eigenvalue weighted by Gasteiger charge is -2.61. The predicted octanol–water partition coefficient (Wildman–Crippen LogP) is 0.0518. The highest BCUT2D eigenvalue weighted by Crippen LogP contribution is 2.48. The molecule has 0 radical (unpaired) electrons. The van der Waals surface area contributed by atoms with Crippen molar-refractivity contribution in [3.8, 4) is 0 Å². The number of methoxy groups -OCH3 is 2. The molecular weight excluding hydrogens is 548 g/mol. The van der Waals surface area contributed by atoms with Crippen molar-refractivity contribution in [3.63, 3.8) is 0 Å². The van der Waals surface area contributed by atoms with Crippen molar-refractivity contribution in [2.24, 2.45) is 0 Å². The summed E-state index contributed by atoms with van der Waals surface area (Å²) < 4.78 is 16.2. The molecular formula is C30H34N2O10. The van der Waals surface area contributed by atoms with Crippen LogP contribution < -0.4 is 0 Å². The number of fused-ring (bicyclic) bond motifs is 5. The van der Waals surface area contributed by atoms with E-state index in [0.717, 1.165) is 0 Å². The minimum absolute atomic E-state index is 0.0135. The first-order valence-corrected chi connectivity index (χ1v) is 13.6.